The van der Waals surface area contributed by atoms with Gasteiger partial charge in [0.05, 0.1) is 0 Å². The van der Waals surface area contributed by atoms with Crippen molar-refractivity contribution in [1.82, 2.24) is 14.5 Å². The van der Waals surface area contributed by atoms with Crippen LogP contribution in [0.1, 0.15) is 37.7 Å². The lowest BCUT2D eigenvalue weighted by Gasteiger charge is -2.13. The number of aryl methyl sites for hydroxylation is 1. The van der Waals surface area contributed by atoms with Gasteiger partial charge in [0.25, 0.3) is 0 Å². The summed E-state index contributed by atoms with van der Waals surface area (Å²) in [5.74, 6) is 1.93. The maximum Gasteiger partial charge on any atom is 0.142 e. The first kappa shape index (κ1) is 11.8. The molecule has 4 nitrogen and oxygen atoms in total. The van der Waals surface area contributed by atoms with Gasteiger partial charge in [0.2, 0.25) is 0 Å². The first-order valence-corrected chi connectivity index (χ1v) is 5.97. The lowest BCUT2D eigenvalue weighted by Crippen LogP contribution is -2.12. The summed E-state index contributed by atoms with van der Waals surface area (Å²) in [5, 5.41) is 0. The molecule has 0 fully saturated rings. The van der Waals surface area contributed by atoms with Crippen molar-refractivity contribution in [2.45, 2.75) is 32.7 Å². The van der Waals surface area contributed by atoms with Crippen molar-refractivity contribution in [3.05, 3.63) is 42.1 Å². The summed E-state index contributed by atoms with van der Waals surface area (Å²) in [6, 6.07) is 3.90. The van der Waals surface area contributed by atoms with Gasteiger partial charge in [-0.15, -0.1) is 0 Å². The topological polar surface area (TPSA) is 56.7 Å². The molecule has 2 aromatic rings. The molecule has 0 aromatic carbocycles. The van der Waals surface area contributed by atoms with Crippen LogP contribution in [0.3, 0.4) is 0 Å². The van der Waals surface area contributed by atoms with E-state index in [1.54, 1.807) is 6.20 Å². The highest BCUT2D eigenvalue weighted by molar-refractivity contribution is 5.36. The molecule has 0 spiro atoms. The fourth-order valence-electron chi connectivity index (χ4n) is 1.90. The van der Waals surface area contributed by atoms with Crippen molar-refractivity contribution in [3.63, 3.8) is 0 Å². The van der Waals surface area contributed by atoms with Gasteiger partial charge in [-0.05, 0) is 19.4 Å². The standard InChI is InChI=1S/C13H18N4/c1-3-5-12-15-8-9-17(12)13-11(10(2)14)6-4-7-16-13/h4,6-10H,3,5,14H2,1-2H3/t10-/m1/s1. The number of pyridine rings is 1. The monoisotopic (exact) mass is 230 g/mol. The number of imidazole rings is 1. The fourth-order valence-corrected chi connectivity index (χ4v) is 1.90. The third-order valence-corrected chi connectivity index (χ3v) is 2.73. The van der Waals surface area contributed by atoms with Crippen molar-refractivity contribution in [2.24, 2.45) is 5.73 Å². The van der Waals surface area contributed by atoms with Gasteiger partial charge in [-0.3, -0.25) is 4.57 Å². The zero-order valence-corrected chi connectivity index (χ0v) is 10.3. The average Bonchev–Trinajstić information content (AvgIpc) is 2.77. The van der Waals surface area contributed by atoms with E-state index in [2.05, 4.69) is 16.9 Å². The molecule has 17 heavy (non-hydrogen) atoms. The molecule has 2 aromatic heterocycles. The lowest BCUT2D eigenvalue weighted by atomic mass is 10.1. The van der Waals surface area contributed by atoms with E-state index in [1.165, 1.54) is 0 Å². The van der Waals surface area contributed by atoms with Crippen molar-refractivity contribution in [3.8, 4) is 5.82 Å². The Kier molecular flexibility index (Phi) is 3.54. The van der Waals surface area contributed by atoms with E-state index in [0.29, 0.717) is 0 Å². The van der Waals surface area contributed by atoms with Crippen LogP contribution < -0.4 is 5.73 Å². The Labute approximate surface area is 102 Å². The van der Waals surface area contributed by atoms with E-state index in [4.69, 9.17) is 5.73 Å². The van der Waals surface area contributed by atoms with E-state index in [-0.39, 0.29) is 6.04 Å². The average molecular weight is 230 g/mol. The van der Waals surface area contributed by atoms with Gasteiger partial charge in [-0.25, -0.2) is 9.97 Å². The molecule has 90 valence electrons. The number of hydrogen-bond donors (Lipinski definition) is 1. The second kappa shape index (κ2) is 5.10. The first-order valence-electron chi connectivity index (χ1n) is 5.97. The van der Waals surface area contributed by atoms with Crippen molar-refractivity contribution < 1.29 is 0 Å². The SMILES string of the molecule is CCCc1nccn1-c1ncccc1[C@@H](C)N. The Hall–Kier alpha value is -1.68. The zero-order valence-electron chi connectivity index (χ0n) is 10.3. The second-order valence-electron chi connectivity index (χ2n) is 4.17. The van der Waals surface area contributed by atoms with Gasteiger partial charge in [0.1, 0.15) is 11.6 Å². The van der Waals surface area contributed by atoms with E-state index in [9.17, 15) is 0 Å². The number of rotatable bonds is 4. The van der Waals surface area contributed by atoms with E-state index in [1.807, 2.05) is 36.0 Å². The smallest absolute Gasteiger partial charge is 0.142 e. The lowest BCUT2D eigenvalue weighted by molar-refractivity contribution is 0.758. The third-order valence-electron chi connectivity index (χ3n) is 2.73. The summed E-state index contributed by atoms with van der Waals surface area (Å²) in [7, 11) is 0. The molecule has 0 aliphatic heterocycles. The van der Waals surface area contributed by atoms with Crippen molar-refractivity contribution in [1.29, 1.82) is 0 Å². The summed E-state index contributed by atoms with van der Waals surface area (Å²) in [6.45, 7) is 4.11. The molecule has 1 atom stereocenters. The highest BCUT2D eigenvalue weighted by Gasteiger charge is 2.12. The van der Waals surface area contributed by atoms with Crippen molar-refractivity contribution >= 4 is 0 Å². The molecule has 4 heteroatoms. The highest BCUT2D eigenvalue weighted by Crippen LogP contribution is 2.19. The van der Waals surface area contributed by atoms with E-state index >= 15 is 0 Å². The number of nitrogens with two attached hydrogens (primary N) is 1. The van der Waals surface area contributed by atoms with Gasteiger partial charge in [0.15, 0.2) is 0 Å². The molecule has 0 unspecified atom stereocenters. The molecule has 2 rings (SSSR count). The van der Waals surface area contributed by atoms with Crippen LogP contribution in [-0.4, -0.2) is 14.5 Å². The summed E-state index contributed by atoms with van der Waals surface area (Å²) in [5.41, 5.74) is 7.02. The summed E-state index contributed by atoms with van der Waals surface area (Å²) >= 11 is 0. The van der Waals surface area contributed by atoms with Gasteiger partial charge < -0.3 is 5.73 Å². The Morgan fingerprint density at radius 1 is 1.35 bits per heavy atom. The van der Waals surface area contributed by atoms with Crippen LogP contribution >= 0.6 is 0 Å². The molecular formula is C13H18N4. The Morgan fingerprint density at radius 2 is 2.18 bits per heavy atom. The molecule has 0 aliphatic carbocycles. The molecule has 2 heterocycles. The third kappa shape index (κ3) is 2.36. The minimum Gasteiger partial charge on any atom is -0.324 e. The minimum atomic E-state index is -0.0319. The van der Waals surface area contributed by atoms with E-state index < -0.39 is 0 Å². The summed E-state index contributed by atoms with van der Waals surface area (Å²) in [4.78, 5) is 8.79. The van der Waals surface area contributed by atoms with Gasteiger partial charge in [-0.1, -0.05) is 13.0 Å². The molecule has 0 saturated carbocycles. The minimum absolute atomic E-state index is 0.0319. The predicted octanol–water partition coefficient (Wildman–Crippen LogP) is 2.24. The van der Waals surface area contributed by atoms with Gasteiger partial charge in [-0.2, -0.15) is 0 Å². The maximum atomic E-state index is 5.97. The van der Waals surface area contributed by atoms with Crippen molar-refractivity contribution in [2.75, 3.05) is 0 Å². The van der Waals surface area contributed by atoms with Gasteiger partial charge in [0, 0.05) is 36.6 Å². The number of hydrogen-bond acceptors (Lipinski definition) is 3. The summed E-state index contributed by atoms with van der Waals surface area (Å²) < 4.78 is 2.03. The van der Waals surface area contributed by atoms with Crippen LogP contribution in [0.4, 0.5) is 0 Å². The molecule has 2 N–H and O–H groups in total. The van der Waals surface area contributed by atoms with Crippen LogP contribution in [0.5, 0.6) is 0 Å². The van der Waals surface area contributed by atoms with Crippen LogP contribution in [-0.2, 0) is 6.42 Å². The largest absolute Gasteiger partial charge is 0.324 e. The highest BCUT2D eigenvalue weighted by atomic mass is 15.1. The fraction of sp³-hybridized carbons (Fsp3) is 0.385. The predicted molar refractivity (Wildman–Crippen MR) is 68.0 cm³/mol. The zero-order chi connectivity index (χ0) is 12.3. The Morgan fingerprint density at radius 3 is 2.88 bits per heavy atom. The van der Waals surface area contributed by atoms with Gasteiger partial charge >= 0.3 is 0 Å². The Bertz CT molecular complexity index is 488. The van der Waals surface area contributed by atoms with Crippen LogP contribution in [0.15, 0.2) is 30.7 Å². The molecule has 0 aliphatic rings. The second-order valence-corrected chi connectivity index (χ2v) is 4.17. The number of aromatic nitrogens is 3. The molecular weight excluding hydrogens is 212 g/mol. The van der Waals surface area contributed by atoms with Crippen LogP contribution in [0, 0.1) is 0 Å². The van der Waals surface area contributed by atoms with Crippen LogP contribution in [0.25, 0.3) is 5.82 Å². The maximum absolute atomic E-state index is 5.97. The van der Waals surface area contributed by atoms with E-state index in [0.717, 1.165) is 30.0 Å². The van der Waals surface area contributed by atoms with Crippen LogP contribution in [0.2, 0.25) is 0 Å². The Balaban J connectivity index is 2.48. The normalized spacial score (nSPS) is 12.6. The molecule has 0 bridgehead atoms. The molecule has 0 saturated heterocycles. The molecule has 0 radical (unpaired) electrons. The summed E-state index contributed by atoms with van der Waals surface area (Å²) in [6.07, 6.45) is 7.56. The quantitative estimate of drug-likeness (QED) is 0.876. The molecule has 0 amide bonds. The number of nitrogens with zero attached hydrogens (tertiary/aromatic N) is 3. The first-order chi connectivity index (χ1) is 8.24.